The zero-order chi connectivity index (χ0) is 25.8. The number of anilines is 1. The number of hydrogen-bond acceptors (Lipinski definition) is 5. The number of amides is 1. The third-order valence-electron chi connectivity index (χ3n) is 6.53. The highest BCUT2D eigenvalue weighted by Gasteiger charge is 2.27. The van der Waals surface area contributed by atoms with E-state index in [2.05, 4.69) is 28.8 Å². The second-order valence-corrected chi connectivity index (χ2v) is 9.90. The third kappa shape index (κ3) is 5.70. The number of fused-ring (bicyclic) bond motifs is 1. The van der Waals surface area contributed by atoms with Gasteiger partial charge in [0.25, 0.3) is 5.91 Å². The zero-order valence-corrected chi connectivity index (χ0v) is 20.9. The van der Waals surface area contributed by atoms with Gasteiger partial charge in [0.2, 0.25) is 0 Å². The van der Waals surface area contributed by atoms with E-state index in [1.807, 2.05) is 23.6 Å². The molecule has 1 aliphatic rings. The number of carbonyl (C=O) groups is 2. The highest BCUT2D eigenvalue weighted by molar-refractivity contribution is 7.10. The summed E-state index contributed by atoms with van der Waals surface area (Å²) < 4.78 is 14.2. The third-order valence-corrected chi connectivity index (χ3v) is 7.49. The van der Waals surface area contributed by atoms with Gasteiger partial charge in [-0.15, -0.1) is 11.3 Å². The number of carboxylic acid groups (broad SMARTS) is 1. The molecule has 0 fully saturated rings. The number of rotatable bonds is 9. The SMILES string of the molecule is O=C(O)CCNC(=O)c1ccc(CNc2ccc3c(c2)CCC3c2nc(-c3ccccc3F)cs2)cc1. The summed E-state index contributed by atoms with van der Waals surface area (Å²) in [7, 11) is 0. The molecule has 0 saturated carbocycles. The van der Waals surface area contributed by atoms with E-state index in [-0.39, 0.29) is 30.6 Å². The van der Waals surface area contributed by atoms with E-state index in [0.717, 1.165) is 29.1 Å². The Balaban J connectivity index is 1.20. The minimum absolute atomic E-state index is 0.103. The molecule has 1 aromatic heterocycles. The summed E-state index contributed by atoms with van der Waals surface area (Å²) in [5.74, 6) is -1.25. The van der Waals surface area contributed by atoms with Gasteiger partial charge in [-0.1, -0.05) is 30.3 Å². The number of aromatic nitrogens is 1. The Labute approximate surface area is 218 Å². The van der Waals surface area contributed by atoms with Crippen molar-refractivity contribution in [1.29, 1.82) is 0 Å². The van der Waals surface area contributed by atoms with Crippen LogP contribution in [0.5, 0.6) is 0 Å². The molecule has 0 saturated heterocycles. The monoisotopic (exact) mass is 515 g/mol. The largest absolute Gasteiger partial charge is 0.481 e. The van der Waals surface area contributed by atoms with Crippen LogP contribution in [0, 0.1) is 5.82 Å². The number of carbonyl (C=O) groups excluding carboxylic acids is 1. The first-order valence-electron chi connectivity index (χ1n) is 12.1. The number of benzene rings is 3. The van der Waals surface area contributed by atoms with Gasteiger partial charge in [0, 0.05) is 41.2 Å². The average Bonchev–Trinajstić information content (AvgIpc) is 3.55. The van der Waals surface area contributed by atoms with E-state index >= 15 is 0 Å². The highest BCUT2D eigenvalue weighted by atomic mass is 32.1. The Morgan fingerprint density at radius 1 is 1.08 bits per heavy atom. The van der Waals surface area contributed by atoms with Crippen LogP contribution in [-0.4, -0.2) is 28.5 Å². The van der Waals surface area contributed by atoms with Crippen LogP contribution >= 0.6 is 11.3 Å². The number of aryl methyl sites for hydroxylation is 1. The fourth-order valence-electron chi connectivity index (χ4n) is 4.59. The lowest BCUT2D eigenvalue weighted by atomic mass is 10.0. The number of halogens is 1. The van der Waals surface area contributed by atoms with E-state index in [1.54, 1.807) is 35.6 Å². The van der Waals surface area contributed by atoms with Crippen LogP contribution in [0.1, 0.15) is 50.8 Å². The molecular formula is C29H26FN3O3S. The summed E-state index contributed by atoms with van der Waals surface area (Å²) in [6.07, 6.45) is 1.85. The number of thiazole rings is 1. The quantitative estimate of drug-likeness (QED) is 0.260. The van der Waals surface area contributed by atoms with Crippen LogP contribution in [0.15, 0.2) is 72.1 Å². The second-order valence-electron chi connectivity index (χ2n) is 9.01. The van der Waals surface area contributed by atoms with Crippen molar-refractivity contribution in [1.82, 2.24) is 10.3 Å². The van der Waals surface area contributed by atoms with Crippen molar-refractivity contribution in [2.75, 3.05) is 11.9 Å². The summed E-state index contributed by atoms with van der Waals surface area (Å²) in [4.78, 5) is 27.5. The lowest BCUT2D eigenvalue weighted by molar-refractivity contribution is -0.136. The molecule has 3 N–H and O–H groups in total. The van der Waals surface area contributed by atoms with Crippen molar-refractivity contribution in [2.45, 2.75) is 31.7 Å². The standard InChI is InChI=1S/C29H26FN3O3S/c30-25-4-2-1-3-24(25)26-17-37-29(33-26)23-11-9-20-15-21(10-12-22(20)23)32-16-18-5-7-19(8-6-18)28(36)31-14-13-27(34)35/h1-8,10,12,15,17,23,32H,9,11,13-14,16H2,(H,31,36)(H,34,35). The maximum absolute atomic E-state index is 14.2. The summed E-state index contributed by atoms with van der Waals surface area (Å²) in [5, 5.41) is 17.7. The predicted molar refractivity (Wildman–Crippen MR) is 142 cm³/mol. The van der Waals surface area contributed by atoms with Gasteiger partial charge in [-0.25, -0.2) is 9.37 Å². The van der Waals surface area contributed by atoms with Gasteiger partial charge in [-0.2, -0.15) is 0 Å². The summed E-state index contributed by atoms with van der Waals surface area (Å²) >= 11 is 1.59. The maximum Gasteiger partial charge on any atom is 0.305 e. The fraction of sp³-hybridized carbons (Fsp3) is 0.207. The van der Waals surface area contributed by atoms with Crippen LogP contribution in [0.2, 0.25) is 0 Å². The van der Waals surface area contributed by atoms with E-state index in [4.69, 9.17) is 10.1 Å². The minimum Gasteiger partial charge on any atom is -0.481 e. The molecule has 1 amide bonds. The van der Waals surface area contributed by atoms with Gasteiger partial charge in [-0.3, -0.25) is 9.59 Å². The molecule has 0 radical (unpaired) electrons. The molecule has 0 spiro atoms. The molecule has 6 nitrogen and oxygen atoms in total. The number of carboxylic acids is 1. The van der Waals surface area contributed by atoms with Crippen molar-refractivity contribution in [3.63, 3.8) is 0 Å². The van der Waals surface area contributed by atoms with Crippen LogP contribution in [-0.2, 0) is 17.8 Å². The molecule has 0 bridgehead atoms. The second kappa shape index (κ2) is 10.9. The van der Waals surface area contributed by atoms with Crippen molar-refractivity contribution >= 4 is 28.9 Å². The van der Waals surface area contributed by atoms with E-state index in [0.29, 0.717) is 23.4 Å². The smallest absolute Gasteiger partial charge is 0.305 e. The molecule has 4 aromatic rings. The first kappa shape index (κ1) is 24.6. The van der Waals surface area contributed by atoms with Gasteiger partial charge in [0.1, 0.15) is 10.8 Å². The molecule has 188 valence electrons. The number of nitrogens with one attached hydrogen (secondary N) is 2. The van der Waals surface area contributed by atoms with E-state index < -0.39 is 5.97 Å². The lowest BCUT2D eigenvalue weighted by Gasteiger charge is -2.12. The van der Waals surface area contributed by atoms with Crippen molar-refractivity contribution in [3.05, 3.63) is 105 Å². The van der Waals surface area contributed by atoms with Gasteiger partial charge in [0.05, 0.1) is 12.1 Å². The highest BCUT2D eigenvalue weighted by Crippen LogP contribution is 2.41. The molecule has 1 unspecified atom stereocenters. The van der Waals surface area contributed by atoms with Gasteiger partial charge in [-0.05, 0) is 65.9 Å². The molecule has 3 aromatic carbocycles. The van der Waals surface area contributed by atoms with Crippen molar-refractivity contribution < 1.29 is 19.1 Å². The fourth-order valence-corrected chi connectivity index (χ4v) is 5.56. The summed E-state index contributed by atoms with van der Waals surface area (Å²) in [5.41, 5.74) is 6.36. The molecule has 8 heteroatoms. The first-order chi connectivity index (χ1) is 18.0. The Kier molecular flexibility index (Phi) is 7.28. The van der Waals surface area contributed by atoms with Gasteiger partial charge >= 0.3 is 5.97 Å². The molecule has 5 rings (SSSR count). The number of aliphatic carboxylic acids is 1. The van der Waals surface area contributed by atoms with Crippen LogP contribution in [0.3, 0.4) is 0 Å². The van der Waals surface area contributed by atoms with Crippen molar-refractivity contribution in [3.8, 4) is 11.3 Å². The Morgan fingerprint density at radius 2 is 1.89 bits per heavy atom. The Morgan fingerprint density at radius 3 is 2.68 bits per heavy atom. The molecule has 1 atom stereocenters. The molecule has 1 aliphatic carbocycles. The van der Waals surface area contributed by atoms with Crippen LogP contribution < -0.4 is 10.6 Å². The topological polar surface area (TPSA) is 91.3 Å². The molecular weight excluding hydrogens is 489 g/mol. The Bertz CT molecular complexity index is 1430. The molecule has 37 heavy (non-hydrogen) atoms. The predicted octanol–water partition coefficient (Wildman–Crippen LogP) is 5.84. The average molecular weight is 516 g/mol. The van der Waals surface area contributed by atoms with Crippen LogP contribution in [0.25, 0.3) is 11.3 Å². The summed E-state index contributed by atoms with van der Waals surface area (Å²) in [6.45, 7) is 0.716. The normalized spacial score (nSPS) is 14.2. The first-order valence-corrected chi connectivity index (χ1v) is 13.0. The Hall–Kier alpha value is -4.04. The zero-order valence-electron chi connectivity index (χ0n) is 20.0. The molecule has 1 heterocycles. The van der Waals surface area contributed by atoms with Crippen molar-refractivity contribution in [2.24, 2.45) is 0 Å². The van der Waals surface area contributed by atoms with Gasteiger partial charge in [0.15, 0.2) is 0 Å². The van der Waals surface area contributed by atoms with Gasteiger partial charge < -0.3 is 15.7 Å². The molecule has 0 aliphatic heterocycles. The van der Waals surface area contributed by atoms with E-state index in [9.17, 15) is 14.0 Å². The lowest BCUT2D eigenvalue weighted by Crippen LogP contribution is -2.25. The number of hydrogen-bond donors (Lipinski definition) is 3. The van der Waals surface area contributed by atoms with Crippen LogP contribution in [0.4, 0.5) is 10.1 Å². The van der Waals surface area contributed by atoms with E-state index in [1.165, 1.54) is 17.2 Å². The summed E-state index contributed by atoms with van der Waals surface area (Å²) in [6, 6.07) is 20.4. The number of nitrogens with zero attached hydrogens (tertiary/aromatic N) is 1. The minimum atomic E-state index is -0.944. The maximum atomic E-state index is 14.2.